The van der Waals surface area contributed by atoms with Crippen LogP contribution in [0.5, 0.6) is 0 Å². The molecule has 0 radical (unpaired) electrons. The molecule has 2 aliphatic rings. The zero-order chi connectivity index (χ0) is 13.6. The molecule has 20 heavy (non-hydrogen) atoms. The fraction of sp³-hybridized carbons (Fsp3) is 0.667. The molecule has 1 aliphatic heterocycles. The van der Waals surface area contributed by atoms with E-state index in [0.717, 1.165) is 19.1 Å². The molecule has 0 amide bonds. The van der Waals surface area contributed by atoms with Crippen LogP contribution >= 0.6 is 0 Å². The van der Waals surface area contributed by atoms with E-state index in [-0.39, 0.29) is 0 Å². The molecule has 2 unspecified atom stereocenters. The first-order valence-corrected chi connectivity index (χ1v) is 8.33. The molecular weight excluding hydrogens is 246 g/mol. The minimum atomic E-state index is 0.435. The van der Waals surface area contributed by atoms with Gasteiger partial charge in [-0.25, -0.2) is 0 Å². The molecule has 0 aromatic heterocycles. The summed E-state index contributed by atoms with van der Waals surface area (Å²) >= 11 is 0. The third-order valence-electron chi connectivity index (χ3n) is 4.87. The van der Waals surface area contributed by atoms with Gasteiger partial charge in [-0.15, -0.1) is 0 Å². The quantitative estimate of drug-likeness (QED) is 0.873. The van der Waals surface area contributed by atoms with Crippen molar-refractivity contribution in [3.05, 3.63) is 35.9 Å². The van der Waals surface area contributed by atoms with Gasteiger partial charge >= 0.3 is 0 Å². The van der Waals surface area contributed by atoms with Gasteiger partial charge in [-0.1, -0.05) is 49.6 Å². The third-order valence-corrected chi connectivity index (χ3v) is 4.87. The van der Waals surface area contributed by atoms with Gasteiger partial charge in [0.1, 0.15) is 0 Å². The second kappa shape index (κ2) is 7.24. The maximum absolute atomic E-state index is 5.76. The van der Waals surface area contributed by atoms with Crippen LogP contribution in [0.4, 0.5) is 0 Å². The van der Waals surface area contributed by atoms with Crippen molar-refractivity contribution >= 4 is 0 Å². The van der Waals surface area contributed by atoms with E-state index in [9.17, 15) is 0 Å². The van der Waals surface area contributed by atoms with Crippen molar-refractivity contribution in [3.63, 3.8) is 0 Å². The number of rotatable bonds is 5. The fourth-order valence-electron chi connectivity index (χ4n) is 3.75. The van der Waals surface area contributed by atoms with Crippen LogP contribution in [-0.2, 0) is 4.74 Å². The Balaban J connectivity index is 1.65. The van der Waals surface area contributed by atoms with Gasteiger partial charge in [-0.3, -0.25) is 0 Å². The summed E-state index contributed by atoms with van der Waals surface area (Å²) < 4.78 is 5.76. The smallest absolute Gasteiger partial charge is 0.0700 e. The molecule has 2 heteroatoms. The fourth-order valence-corrected chi connectivity index (χ4v) is 3.75. The minimum Gasteiger partial charge on any atom is -0.377 e. The summed E-state index contributed by atoms with van der Waals surface area (Å²) in [5.41, 5.74) is 1.46. The maximum atomic E-state index is 5.76. The van der Waals surface area contributed by atoms with E-state index in [4.69, 9.17) is 4.74 Å². The van der Waals surface area contributed by atoms with Crippen LogP contribution in [0.2, 0.25) is 0 Å². The van der Waals surface area contributed by atoms with Gasteiger partial charge in [-0.05, 0) is 37.2 Å². The summed E-state index contributed by atoms with van der Waals surface area (Å²) in [5.74, 6) is 0.799. The lowest BCUT2D eigenvalue weighted by atomic mass is 9.81. The van der Waals surface area contributed by atoms with Crippen molar-refractivity contribution in [1.29, 1.82) is 0 Å². The van der Waals surface area contributed by atoms with Gasteiger partial charge in [0, 0.05) is 19.2 Å². The summed E-state index contributed by atoms with van der Waals surface area (Å²) in [6, 6.07) is 11.5. The van der Waals surface area contributed by atoms with Crippen LogP contribution in [-0.4, -0.2) is 19.3 Å². The first kappa shape index (κ1) is 14.1. The summed E-state index contributed by atoms with van der Waals surface area (Å²) in [4.78, 5) is 0. The first-order chi connectivity index (χ1) is 9.93. The predicted molar refractivity (Wildman–Crippen MR) is 82.7 cm³/mol. The molecule has 1 heterocycles. The minimum absolute atomic E-state index is 0.435. The molecule has 2 nitrogen and oxygen atoms in total. The first-order valence-electron chi connectivity index (χ1n) is 8.33. The molecule has 1 aromatic rings. The third kappa shape index (κ3) is 3.62. The maximum Gasteiger partial charge on any atom is 0.0700 e. The van der Waals surface area contributed by atoms with Crippen molar-refractivity contribution in [3.8, 4) is 0 Å². The molecule has 3 rings (SSSR count). The van der Waals surface area contributed by atoms with Crippen molar-refractivity contribution in [2.24, 2.45) is 5.92 Å². The van der Waals surface area contributed by atoms with E-state index >= 15 is 0 Å². The highest BCUT2D eigenvalue weighted by Gasteiger charge is 2.26. The van der Waals surface area contributed by atoms with Gasteiger partial charge in [-0.2, -0.15) is 0 Å². The summed E-state index contributed by atoms with van der Waals surface area (Å²) in [6.07, 6.45) is 9.85. The molecule has 1 aromatic carbocycles. The normalized spacial score (nSPS) is 25.7. The van der Waals surface area contributed by atoms with Gasteiger partial charge in [0.15, 0.2) is 0 Å². The van der Waals surface area contributed by atoms with E-state index in [0.29, 0.717) is 12.1 Å². The lowest BCUT2D eigenvalue weighted by Crippen LogP contribution is -2.35. The summed E-state index contributed by atoms with van der Waals surface area (Å²) in [6.45, 7) is 1.96. The Labute approximate surface area is 122 Å². The second-order valence-corrected chi connectivity index (χ2v) is 6.33. The Hall–Kier alpha value is -0.860. The number of nitrogens with one attached hydrogen (secondary N) is 1. The Kier molecular flexibility index (Phi) is 5.10. The average molecular weight is 273 g/mol. The molecule has 110 valence electrons. The largest absolute Gasteiger partial charge is 0.377 e. The van der Waals surface area contributed by atoms with E-state index in [2.05, 4.69) is 35.6 Å². The molecule has 0 bridgehead atoms. The van der Waals surface area contributed by atoms with Gasteiger partial charge < -0.3 is 10.1 Å². The van der Waals surface area contributed by atoms with E-state index in [1.165, 1.54) is 50.5 Å². The van der Waals surface area contributed by atoms with Gasteiger partial charge in [0.2, 0.25) is 0 Å². The second-order valence-electron chi connectivity index (χ2n) is 6.33. The van der Waals surface area contributed by atoms with Crippen LogP contribution in [0.25, 0.3) is 0 Å². The van der Waals surface area contributed by atoms with Crippen LogP contribution in [0.1, 0.15) is 56.6 Å². The topological polar surface area (TPSA) is 21.3 Å². The Morgan fingerprint density at radius 3 is 2.50 bits per heavy atom. The van der Waals surface area contributed by atoms with Crippen molar-refractivity contribution in [2.45, 2.75) is 57.1 Å². The van der Waals surface area contributed by atoms with Crippen LogP contribution < -0.4 is 5.32 Å². The predicted octanol–water partition coefficient (Wildman–Crippen LogP) is 4.08. The standard InChI is InChI=1S/C18H27NO/c1-3-8-15(9-4-1)18(16-10-5-2-6-11-16)19-14-17-12-7-13-20-17/h1,3-4,8-9,16-19H,2,5-7,10-14H2. The SMILES string of the molecule is c1ccc(C(NCC2CCCO2)C2CCCCC2)cc1. The van der Waals surface area contributed by atoms with E-state index in [1.54, 1.807) is 0 Å². The molecule has 2 atom stereocenters. The van der Waals surface area contributed by atoms with Gasteiger partial charge in [0.05, 0.1) is 6.10 Å². The lowest BCUT2D eigenvalue weighted by Gasteiger charge is -2.32. The number of hydrogen-bond donors (Lipinski definition) is 1. The average Bonchev–Trinajstić information content (AvgIpc) is 3.03. The Morgan fingerprint density at radius 1 is 1.00 bits per heavy atom. The molecule has 1 N–H and O–H groups in total. The molecule has 1 saturated heterocycles. The van der Waals surface area contributed by atoms with Crippen molar-refractivity contribution < 1.29 is 4.74 Å². The number of ether oxygens (including phenoxy) is 1. The Morgan fingerprint density at radius 2 is 1.80 bits per heavy atom. The van der Waals surface area contributed by atoms with Crippen molar-refractivity contribution in [2.75, 3.05) is 13.2 Å². The molecule has 0 spiro atoms. The molecule has 1 saturated carbocycles. The summed E-state index contributed by atoms with van der Waals surface area (Å²) in [5, 5.41) is 3.82. The number of benzene rings is 1. The number of hydrogen-bond acceptors (Lipinski definition) is 2. The highest BCUT2D eigenvalue weighted by molar-refractivity contribution is 5.20. The van der Waals surface area contributed by atoms with Crippen LogP contribution in [0, 0.1) is 5.92 Å². The highest BCUT2D eigenvalue weighted by Crippen LogP contribution is 2.34. The molecule has 2 fully saturated rings. The van der Waals surface area contributed by atoms with Crippen LogP contribution in [0.3, 0.4) is 0 Å². The van der Waals surface area contributed by atoms with Crippen molar-refractivity contribution in [1.82, 2.24) is 5.32 Å². The van der Waals surface area contributed by atoms with Crippen LogP contribution in [0.15, 0.2) is 30.3 Å². The zero-order valence-corrected chi connectivity index (χ0v) is 12.4. The van der Waals surface area contributed by atoms with E-state index in [1.807, 2.05) is 0 Å². The molecular formula is C18H27NO. The Bertz CT molecular complexity index is 380. The lowest BCUT2D eigenvalue weighted by molar-refractivity contribution is 0.103. The van der Waals surface area contributed by atoms with Gasteiger partial charge in [0.25, 0.3) is 0 Å². The monoisotopic (exact) mass is 273 g/mol. The summed E-state index contributed by atoms with van der Waals surface area (Å²) in [7, 11) is 0. The van der Waals surface area contributed by atoms with E-state index < -0.39 is 0 Å². The molecule has 1 aliphatic carbocycles. The zero-order valence-electron chi connectivity index (χ0n) is 12.4. The highest BCUT2D eigenvalue weighted by atomic mass is 16.5.